The lowest BCUT2D eigenvalue weighted by Crippen LogP contribution is -2.63. The minimum atomic E-state index is -3.16. The van der Waals surface area contributed by atoms with E-state index in [0.717, 1.165) is 45.0 Å². The molecule has 116 valence electrons. The molecule has 0 atom stereocenters. The van der Waals surface area contributed by atoms with Gasteiger partial charge in [-0.15, -0.1) is 0 Å². The molecular formula is C15H23N3O2S. The largest absolute Gasteiger partial charge is 0.367 e. The quantitative estimate of drug-likeness (QED) is 0.881. The number of benzene rings is 1. The molecule has 0 unspecified atom stereocenters. The zero-order chi connectivity index (χ0) is 14.9. The van der Waals surface area contributed by atoms with E-state index in [1.165, 1.54) is 0 Å². The highest BCUT2D eigenvalue weighted by Gasteiger charge is 2.34. The normalized spacial score (nSPS) is 21.3. The van der Waals surface area contributed by atoms with Crippen LogP contribution in [-0.4, -0.2) is 64.4 Å². The molecule has 3 rings (SSSR count). The SMILES string of the molecule is CCS(=O)(=O)c1ccccc1N1CC(N2CCNCC2)C1. The van der Waals surface area contributed by atoms with Crippen molar-refractivity contribution in [2.45, 2.75) is 17.9 Å². The Labute approximate surface area is 126 Å². The standard InChI is InChI=1S/C15H23N3O2S/c1-2-21(19,20)15-6-4-3-5-14(15)18-11-13(12-18)17-9-7-16-8-10-17/h3-6,13,16H,2,7-12H2,1H3. The molecule has 2 fully saturated rings. The van der Waals surface area contributed by atoms with E-state index in [1.54, 1.807) is 19.1 Å². The third kappa shape index (κ3) is 2.93. The van der Waals surface area contributed by atoms with Gasteiger partial charge in [-0.3, -0.25) is 4.90 Å². The minimum Gasteiger partial charge on any atom is -0.367 e. The Kier molecular flexibility index (Phi) is 4.19. The van der Waals surface area contributed by atoms with Crippen molar-refractivity contribution in [2.75, 3.05) is 49.9 Å². The van der Waals surface area contributed by atoms with Crippen LogP contribution >= 0.6 is 0 Å². The molecule has 0 radical (unpaired) electrons. The van der Waals surface area contributed by atoms with Crippen LogP contribution in [0, 0.1) is 0 Å². The molecule has 5 nitrogen and oxygen atoms in total. The number of anilines is 1. The van der Waals surface area contributed by atoms with Gasteiger partial charge in [-0.25, -0.2) is 8.42 Å². The Morgan fingerprint density at radius 3 is 2.52 bits per heavy atom. The average Bonchev–Trinajstić information content (AvgIpc) is 2.47. The first-order chi connectivity index (χ1) is 10.1. The molecule has 0 aromatic heterocycles. The summed E-state index contributed by atoms with van der Waals surface area (Å²) in [4.78, 5) is 5.17. The summed E-state index contributed by atoms with van der Waals surface area (Å²) in [5.41, 5.74) is 0.866. The van der Waals surface area contributed by atoms with E-state index < -0.39 is 9.84 Å². The number of hydrogen-bond donors (Lipinski definition) is 1. The minimum absolute atomic E-state index is 0.152. The molecule has 2 aliphatic heterocycles. The van der Waals surface area contributed by atoms with Crippen molar-refractivity contribution in [1.82, 2.24) is 10.2 Å². The zero-order valence-corrected chi connectivity index (χ0v) is 13.3. The summed E-state index contributed by atoms with van der Waals surface area (Å²) in [5.74, 6) is 0.152. The van der Waals surface area contributed by atoms with Crippen LogP contribution in [0.1, 0.15) is 6.92 Å². The smallest absolute Gasteiger partial charge is 0.180 e. The van der Waals surface area contributed by atoms with Crippen LogP contribution in [0.4, 0.5) is 5.69 Å². The fourth-order valence-corrected chi connectivity index (χ4v) is 4.18. The van der Waals surface area contributed by atoms with Crippen molar-refractivity contribution >= 4 is 15.5 Å². The van der Waals surface area contributed by atoms with Crippen LogP contribution in [0.5, 0.6) is 0 Å². The average molecular weight is 309 g/mol. The Morgan fingerprint density at radius 1 is 1.19 bits per heavy atom. The summed E-state index contributed by atoms with van der Waals surface area (Å²) >= 11 is 0. The number of nitrogens with zero attached hydrogens (tertiary/aromatic N) is 2. The highest BCUT2D eigenvalue weighted by atomic mass is 32.2. The number of rotatable bonds is 4. The Balaban J connectivity index is 1.72. The Morgan fingerprint density at radius 2 is 1.86 bits per heavy atom. The van der Waals surface area contributed by atoms with Gasteiger partial charge in [0.1, 0.15) is 0 Å². The molecule has 1 aromatic carbocycles. The Bertz CT molecular complexity index is 591. The maximum absolute atomic E-state index is 12.2. The van der Waals surface area contributed by atoms with Gasteiger partial charge in [0, 0.05) is 45.3 Å². The second kappa shape index (κ2) is 5.94. The van der Waals surface area contributed by atoms with Crippen LogP contribution in [0.25, 0.3) is 0 Å². The van der Waals surface area contributed by atoms with Gasteiger partial charge in [0.05, 0.1) is 16.3 Å². The fraction of sp³-hybridized carbons (Fsp3) is 0.600. The molecule has 2 aliphatic rings. The van der Waals surface area contributed by atoms with E-state index >= 15 is 0 Å². The fourth-order valence-electron chi connectivity index (χ4n) is 3.07. The molecule has 0 aliphatic carbocycles. The molecule has 0 saturated carbocycles. The summed E-state index contributed by atoms with van der Waals surface area (Å²) in [6, 6.07) is 7.94. The van der Waals surface area contributed by atoms with Gasteiger partial charge in [0.25, 0.3) is 0 Å². The first-order valence-electron chi connectivity index (χ1n) is 7.63. The first kappa shape index (κ1) is 14.8. The third-order valence-corrected chi connectivity index (χ3v) is 6.23. The van der Waals surface area contributed by atoms with Gasteiger partial charge in [0.2, 0.25) is 0 Å². The van der Waals surface area contributed by atoms with Crippen molar-refractivity contribution in [1.29, 1.82) is 0 Å². The van der Waals surface area contributed by atoms with Crippen molar-refractivity contribution in [3.8, 4) is 0 Å². The van der Waals surface area contributed by atoms with Crippen LogP contribution in [0.15, 0.2) is 29.2 Å². The van der Waals surface area contributed by atoms with Gasteiger partial charge in [-0.2, -0.15) is 0 Å². The first-order valence-corrected chi connectivity index (χ1v) is 9.28. The van der Waals surface area contributed by atoms with E-state index in [2.05, 4.69) is 15.1 Å². The summed E-state index contributed by atoms with van der Waals surface area (Å²) in [6.45, 7) is 7.84. The Hall–Kier alpha value is -1.11. The third-order valence-electron chi connectivity index (χ3n) is 4.45. The molecule has 1 aromatic rings. The second-order valence-corrected chi connectivity index (χ2v) is 7.96. The zero-order valence-electron chi connectivity index (χ0n) is 12.5. The number of hydrogen-bond acceptors (Lipinski definition) is 5. The molecule has 21 heavy (non-hydrogen) atoms. The monoisotopic (exact) mass is 309 g/mol. The van der Waals surface area contributed by atoms with Crippen molar-refractivity contribution < 1.29 is 8.42 Å². The molecule has 6 heteroatoms. The van der Waals surface area contributed by atoms with Crippen LogP contribution < -0.4 is 10.2 Å². The highest BCUT2D eigenvalue weighted by Crippen LogP contribution is 2.30. The maximum Gasteiger partial charge on any atom is 0.180 e. The van der Waals surface area contributed by atoms with Crippen molar-refractivity contribution in [3.05, 3.63) is 24.3 Å². The van der Waals surface area contributed by atoms with Gasteiger partial charge >= 0.3 is 0 Å². The van der Waals surface area contributed by atoms with Crippen LogP contribution in [-0.2, 0) is 9.84 Å². The lowest BCUT2D eigenvalue weighted by Gasteiger charge is -2.48. The van der Waals surface area contributed by atoms with Gasteiger partial charge < -0.3 is 10.2 Å². The second-order valence-electron chi connectivity index (χ2n) is 5.72. The molecule has 2 saturated heterocycles. The topological polar surface area (TPSA) is 52.7 Å². The lowest BCUT2D eigenvalue weighted by atomic mass is 10.0. The highest BCUT2D eigenvalue weighted by molar-refractivity contribution is 7.91. The summed E-state index contributed by atoms with van der Waals surface area (Å²) in [6.07, 6.45) is 0. The maximum atomic E-state index is 12.2. The number of sulfone groups is 1. The molecule has 0 amide bonds. The van der Waals surface area contributed by atoms with Crippen LogP contribution in [0.2, 0.25) is 0 Å². The van der Waals surface area contributed by atoms with E-state index in [4.69, 9.17) is 0 Å². The number of nitrogens with one attached hydrogen (secondary N) is 1. The van der Waals surface area contributed by atoms with E-state index in [9.17, 15) is 8.42 Å². The molecular weight excluding hydrogens is 286 g/mol. The van der Waals surface area contributed by atoms with Crippen molar-refractivity contribution in [2.24, 2.45) is 0 Å². The molecule has 0 spiro atoms. The summed E-state index contributed by atoms with van der Waals surface area (Å²) in [5, 5.41) is 3.36. The van der Waals surface area contributed by atoms with E-state index in [0.29, 0.717) is 10.9 Å². The number of piperazine rings is 1. The van der Waals surface area contributed by atoms with Gasteiger partial charge in [-0.05, 0) is 12.1 Å². The predicted molar refractivity (Wildman–Crippen MR) is 84.6 cm³/mol. The predicted octanol–water partition coefficient (Wildman–Crippen LogP) is 0.574. The molecule has 2 heterocycles. The molecule has 0 bridgehead atoms. The van der Waals surface area contributed by atoms with Gasteiger partial charge in [-0.1, -0.05) is 19.1 Å². The van der Waals surface area contributed by atoms with Gasteiger partial charge in [0.15, 0.2) is 9.84 Å². The number of para-hydroxylation sites is 1. The van der Waals surface area contributed by atoms with Crippen molar-refractivity contribution in [3.63, 3.8) is 0 Å². The summed E-state index contributed by atoms with van der Waals surface area (Å²) in [7, 11) is -3.16. The molecule has 1 N–H and O–H groups in total. The van der Waals surface area contributed by atoms with E-state index in [1.807, 2.05) is 12.1 Å². The lowest BCUT2D eigenvalue weighted by molar-refractivity contribution is 0.147. The summed E-state index contributed by atoms with van der Waals surface area (Å²) < 4.78 is 24.4. The van der Waals surface area contributed by atoms with Crippen LogP contribution in [0.3, 0.4) is 0 Å². The van der Waals surface area contributed by atoms with E-state index in [-0.39, 0.29) is 5.75 Å².